The van der Waals surface area contributed by atoms with Crippen LogP contribution in [-0.2, 0) is 9.59 Å². The maximum absolute atomic E-state index is 10.6. The topological polar surface area (TPSA) is 92.7 Å². The van der Waals surface area contributed by atoms with E-state index in [4.69, 9.17) is 4.74 Å². The van der Waals surface area contributed by atoms with Gasteiger partial charge in [0.1, 0.15) is 5.75 Å². The molecule has 0 atom stereocenters. The lowest BCUT2D eigenvalue weighted by Crippen LogP contribution is -2.37. The van der Waals surface area contributed by atoms with Crippen LogP contribution in [0.3, 0.4) is 0 Å². The van der Waals surface area contributed by atoms with Gasteiger partial charge in [-0.3, -0.25) is 0 Å². The second-order valence-electron chi connectivity index (χ2n) is 3.43. The summed E-state index contributed by atoms with van der Waals surface area (Å²) in [6.07, 6.45) is 0.923. The molecule has 96 valence electrons. The molecule has 0 aliphatic heterocycles. The summed E-state index contributed by atoms with van der Waals surface area (Å²) in [5, 5.41) is 21.1. The SMILES string of the molecule is COc1ccc(N(C)C=C(C(=O)[O-])C(=O)[O-])cc1. The van der Waals surface area contributed by atoms with Gasteiger partial charge in [-0.2, -0.15) is 0 Å². The summed E-state index contributed by atoms with van der Waals surface area (Å²) in [6, 6.07) is 6.63. The van der Waals surface area contributed by atoms with E-state index >= 15 is 0 Å². The van der Waals surface area contributed by atoms with E-state index in [2.05, 4.69) is 0 Å². The van der Waals surface area contributed by atoms with Gasteiger partial charge in [-0.15, -0.1) is 0 Å². The third kappa shape index (κ3) is 3.24. The molecule has 0 radical (unpaired) electrons. The molecule has 6 heteroatoms. The Morgan fingerprint density at radius 1 is 1.17 bits per heavy atom. The Morgan fingerprint density at radius 3 is 2.06 bits per heavy atom. The van der Waals surface area contributed by atoms with Gasteiger partial charge >= 0.3 is 0 Å². The maximum atomic E-state index is 10.6. The summed E-state index contributed by atoms with van der Waals surface area (Å²) in [5.74, 6) is -2.96. The van der Waals surface area contributed by atoms with Crippen molar-refractivity contribution in [1.82, 2.24) is 0 Å². The fourth-order valence-electron chi connectivity index (χ4n) is 1.27. The molecular formula is C12H11NO5-2. The minimum Gasteiger partial charge on any atom is -0.545 e. The van der Waals surface area contributed by atoms with E-state index in [1.54, 1.807) is 24.3 Å². The van der Waals surface area contributed by atoms with E-state index in [0.717, 1.165) is 6.20 Å². The third-order valence-corrected chi connectivity index (χ3v) is 2.24. The van der Waals surface area contributed by atoms with E-state index in [9.17, 15) is 19.8 Å². The van der Waals surface area contributed by atoms with Crippen LogP contribution < -0.4 is 19.8 Å². The summed E-state index contributed by atoms with van der Waals surface area (Å²) in [6.45, 7) is 0. The van der Waals surface area contributed by atoms with E-state index in [0.29, 0.717) is 11.4 Å². The fourth-order valence-corrected chi connectivity index (χ4v) is 1.27. The second kappa shape index (κ2) is 5.72. The number of nitrogens with zero attached hydrogens (tertiary/aromatic N) is 1. The highest BCUT2D eigenvalue weighted by Crippen LogP contribution is 2.18. The third-order valence-electron chi connectivity index (χ3n) is 2.24. The summed E-state index contributed by atoms with van der Waals surface area (Å²) in [5.41, 5.74) is -0.330. The Balaban J connectivity index is 2.98. The molecule has 0 spiro atoms. The largest absolute Gasteiger partial charge is 0.545 e. The van der Waals surface area contributed by atoms with Crippen molar-refractivity contribution in [1.29, 1.82) is 0 Å². The molecule has 0 unspecified atom stereocenters. The smallest absolute Gasteiger partial charge is 0.119 e. The van der Waals surface area contributed by atoms with E-state index in [1.807, 2.05) is 0 Å². The second-order valence-corrected chi connectivity index (χ2v) is 3.43. The fraction of sp³-hybridized carbons (Fsp3) is 0.167. The van der Waals surface area contributed by atoms with Crippen molar-refractivity contribution in [2.24, 2.45) is 0 Å². The van der Waals surface area contributed by atoms with E-state index in [1.165, 1.54) is 19.1 Å². The Morgan fingerprint density at radius 2 is 1.67 bits per heavy atom. The highest BCUT2D eigenvalue weighted by atomic mass is 16.5. The average Bonchev–Trinajstić information content (AvgIpc) is 2.35. The van der Waals surface area contributed by atoms with Gasteiger partial charge in [0.2, 0.25) is 0 Å². The number of carboxylic acids is 2. The zero-order valence-corrected chi connectivity index (χ0v) is 9.88. The standard InChI is InChI=1S/C12H13NO5/c1-13(7-10(11(14)15)12(16)17)8-3-5-9(18-2)6-4-8/h3-7H,1-2H3,(H,14,15)(H,16,17)/p-2. The van der Waals surface area contributed by atoms with Gasteiger partial charge in [0.25, 0.3) is 0 Å². The average molecular weight is 249 g/mol. The van der Waals surface area contributed by atoms with E-state index < -0.39 is 17.5 Å². The molecule has 18 heavy (non-hydrogen) atoms. The number of methoxy groups -OCH3 is 1. The molecule has 6 nitrogen and oxygen atoms in total. The van der Waals surface area contributed by atoms with Crippen LogP contribution in [-0.4, -0.2) is 26.1 Å². The van der Waals surface area contributed by atoms with E-state index in [-0.39, 0.29) is 0 Å². The molecule has 0 saturated carbocycles. The molecule has 1 aromatic carbocycles. The van der Waals surface area contributed by atoms with Gasteiger partial charge in [0.15, 0.2) is 0 Å². The summed E-state index contributed by atoms with van der Waals surface area (Å²) in [4.78, 5) is 22.5. The van der Waals surface area contributed by atoms with Crippen molar-refractivity contribution in [2.45, 2.75) is 0 Å². The van der Waals surface area contributed by atoms with Crippen molar-refractivity contribution < 1.29 is 24.5 Å². The number of hydrogen-bond donors (Lipinski definition) is 0. The summed E-state index contributed by atoms with van der Waals surface area (Å²) in [7, 11) is 3.02. The van der Waals surface area contributed by atoms with Gasteiger partial charge in [-0.1, -0.05) is 0 Å². The maximum Gasteiger partial charge on any atom is 0.119 e. The first-order valence-corrected chi connectivity index (χ1v) is 4.97. The minimum atomic E-state index is -1.80. The lowest BCUT2D eigenvalue weighted by Gasteiger charge is -2.18. The van der Waals surface area contributed by atoms with Crippen molar-refractivity contribution >= 4 is 17.6 Å². The molecule has 0 amide bonds. The van der Waals surface area contributed by atoms with Crippen LogP contribution in [0, 0.1) is 0 Å². The molecule has 0 N–H and O–H groups in total. The van der Waals surface area contributed by atoms with Crippen molar-refractivity contribution in [3.8, 4) is 5.75 Å². The van der Waals surface area contributed by atoms with Gasteiger partial charge in [0.05, 0.1) is 19.0 Å². The summed E-state index contributed by atoms with van der Waals surface area (Å²) < 4.78 is 4.96. The number of carboxylic acid groups (broad SMARTS) is 2. The van der Waals surface area contributed by atoms with Crippen LogP contribution >= 0.6 is 0 Å². The van der Waals surface area contributed by atoms with Gasteiger partial charge in [0, 0.05) is 24.5 Å². The number of ether oxygens (including phenoxy) is 1. The van der Waals surface area contributed by atoms with Crippen molar-refractivity contribution in [3.63, 3.8) is 0 Å². The zero-order valence-electron chi connectivity index (χ0n) is 9.88. The monoisotopic (exact) mass is 249 g/mol. The van der Waals surface area contributed by atoms with Crippen LogP contribution in [0.4, 0.5) is 5.69 Å². The zero-order chi connectivity index (χ0) is 13.7. The van der Waals surface area contributed by atoms with Gasteiger partial charge in [-0.05, 0) is 24.3 Å². The molecule has 0 aliphatic rings. The number of carbonyl (C=O) groups excluding carboxylic acids is 2. The number of anilines is 1. The Labute approximate surface area is 104 Å². The number of aliphatic carboxylic acids is 2. The predicted octanol–water partition coefficient (Wildman–Crippen LogP) is -1.48. The molecule has 0 heterocycles. The van der Waals surface area contributed by atoms with Crippen molar-refractivity contribution in [3.05, 3.63) is 36.0 Å². The molecule has 1 aromatic rings. The van der Waals surface area contributed by atoms with Crippen LogP contribution in [0.1, 0.15) is 0 Å². The predicted molar refractivity (Wildman–Crippen MR) is 59.5 cm³/mol. The first-order chi connectivity index (χ1) is 8.45. The lowest BCUT2D eigenvalue weighted by atomic mass is 10.2. The van der Waals surface area contributed by atoms with Crippen LogP contribution in [0.5, 0.6) is 5.75 Å². The Hall–Kier alpha value is -2.50. The number of carbonyl (C=O) groups is 2. The molecule has 0 aromatic heterocycles. The highest BCUT2D eigenvalue weighted by molar-refractivity contribution is 6.10. The first-order valence-electron chi connectivity index (χ1n) is 4.97. The van der Waals surface area contributed by atoms with Crippen LogP contribution in [0.25, 0.3) is 0 Å². The van der Waals surface area contributed by atoms with Crippen molar-refractivity contribution in [2.75, 3.05) is 19.1 Å². The Kier molecular flexibility index (Phi) is 4.31. The van der Waals surface area contributed by atoms with Gasteiger partial charge < -0.3 is 29.4 Å². The quantitative estimate of drug-likeness (QED) is 0.359. The first kappa shape index (κ1) is 13.6. The number of benzene rings is 1. The minimum absolute atomic E-state index is 0.593. The number of hydrogen-bond acceptors (Lipinski definition) is 6. The highest BCUT2D eigenvalue weighted by Gasteiger charge is 2.04. The number of rotatable bonds is 5. The van der Waals surface area contributed by atoms with Gasteiger partial charge in [-0.25, -0.2) is 0 Å². The van der Waals surface area contributed by atoms with Crippen LogP contribution in [0.2, 0.25) is 0 Å². The molecule has 0 fully saturated rings. The molecule has 0 bridgehead atoms. The Bertz CT molecular complexity index is 462. The normalized spacial score (nSPS) is 9.44. The molecule has 1 rings (SSSR count). The molecule has 0 aliphatic carbocycles. The van der Waals surface area contributed by atoms with Crippen LogP contribution in [0.15, 0.2) is 36.0 Å². The molecular weight excluding hydrogens is 238 g/mol. The summed E-state index contributed by atoms with van der Waals surface area (Å²) >= 11 is 0. The molecule has 0 saturated heterocycles. The lowest BCUT2D eigenvalue weighted by molar-refractivity contribution is -0.312.